The van der Waals surface area contributed by atoms with Crippen molar-refractivity contribution in [2.75, 3.05) is 12.4 Å². The number of hydrogen-bond donors (Lipinski definition) is 1. The molecule has 1 heterocycles. The number of aromatic nitrogens is 1. The van der Waals surface area contributed by atoms with Crippen LogP contribution >= 0.6 is 22.9 Å². The Kier molecular flexibility index (Phi) is 4.79. The molecule has 0 radical (unpaired) electrons. The van der Waals surface area contributed by atoms with E-state index in [1.54, 1.807) is 13.2 Å². The second-order valence-electron chi connectivity index (χ2n) is 5.03. The Bertz CT molecular complexity index is 830. The van der Waals surface area contributed by atoms with Crippen LogP contribution in [0.15, 0.2) is 42.5 Å². The summed E-state index contributed by atoms with van der Waals surface area (Å²) in [7, 11) is 1.63. The van der Waals surface area contributed by atoms with E-state index in [1.165, 1.54) is 11.3 Å². The maximum atomic E-state index is 12.1. The highest BCUT2D eigenvalue weighted by atomic mass is 35.5. The van der Waals surface area contributed by atoms with E-state index in [0.717, 1.165) is 21.5 Å². The van der Waals surface area contributed by atoms with Gasteiger partial charge in [-0.1, -0.05) is 35.1 Å². The smallest absolute Gasteiger partial charge is 0.226 e. The second kappa shape index (κ2) is 6.98. The molecule has 0 bridgehead atoms. The van der Waals surface area contributed by atoms with Crippen molar-refractivity contribution in [1.82, 2.24) is 4.98 Å². The molecule has 2 aromatic carbocycles. The van der Waals surface area contributed by atoms with Gasteiger partial charge in [0.25, 0.3) is 0 Å². The summed E-state index contributed by atoms with van der Waals surface area (Å²) >= 11 is 7.38. The molecule has 0 aliphatic rings. The molecule has 0 saturated carbocycles. The normalized spacial score (nSPS) is 10.7. The van der Waals surface area contributed by atoms with Crippen molar-refractivity contribution in [3.8, 4) is 5.75 Å². The first kappa shape index (κ1) is 15.8. The molecule has 0 aliphatic heterocycles. The number of ether oxygens (including phenoxy) is 1. The van der Waals surface area contributed by atoms with Gasteiger partial charge < -0.3 is 10.1 Å². The second-order valence-corrected chi connectivity index (χ2v) is 6.49. The number of thiazole rings is 1. The minimum absolute atomic E-state index is 0.0500. The zero-order chi connectivity index (χ0) is 16.2. The number of hydrogen-bond acceptors (Lipinski definition) is 4. The molecule has 0 spiro atoms. The van der Waals surface area contributed by atoms with Crippen molar-refractivity contribution >= 4 is 44.2 Å². The van der Waals surface area contributed by atoms with Crippen molar-refractivity contribution in [3.63, 3.8) is 0 Å². The summed E-state index contributed by atoms with van der Waals surface area (Å²) in [6, 6.07) is 13.2. The number of halogens is 1. The molecule has 4 nitrogen and oxygen atoms in total. The fourth-order valence-corrected chi connectivity index (χ4v) is 3.34. The molecule has 1 N–H and O–H groups in total. The van der Waals surface area contributed by atoms with Crippen molar-refractivity contribution < 1.29 is 9.53 Å². The molecule has 0 aliphatic carbocycles. The first-order valence-electron chi connectivity index (χ1n) is 7.13. The number of methoxy groups -OCH3 is 1. The van der Waals surface area contributed by atoms with Gasteiger partial charge in [-0.25, -0.2) is 4.98 Å². The zero-order valence-corrected chi connectivity index (χ0v) is 14.1. The molecule has 3 rings (SSSR count). The van der Waals surface area contributed by atoms with E-state index in [4.69, 9.17) is 16.3 Å². The molecule has 0 unspecified atom stereocenters. The largest absolute Gasteiger partial charge is 0.497 e. The lowest BCUT2D eigenvalue weighted by Gasteiger charge is -2.03. The van der Waals surface area contributed by atoms with E-state index >= 15 is 0 Å². The molecule has 1 aromatic heterocycles. The van der Waals surface area contributed by atoms with Crippen LogP contribution in [0.4, 0.5) is 5.13 Å². The van der Waals surface area contributed by atoms with Gasteiger partial charge in [0.05, 0.1) is 17.3 Å². The predicted molar refractivity (Wildman–Crippen MR) is 94.6 cm³/mol. The van der Waals surface area contributed by atoms with Gasteiger partial charge in [-0.2, -0.15) is 0 Å². The number of carbonyl (C=O) groups excluding carboxylic acids is 1. The number of benzene rings is 2. The molecule has 1 amide bonds. The Morgan fingerprint density at radius 2 is 2.04 bits per heavy atom. The summed E-state index contributed by atoms with van der Waals surface area (Å²) < 4.78 is 6.08. The third kappa shape index (κ3) is 4.00. The summed E-state index contributed by atoms with van der Waals surface area (Å²) in [6.45, 7) is 0. The summed E-state index contributed by atoms with van der Waals surface area (Å²) in [5, 5.41) is 4.11. The quantitative estimate of drug-likeness (QED) is 0.738. The fourth-order valence-electron chi connectivity index (χ4n) is 2.18. The molecule has 23 heavy (non-hydrogen) atoms. The summed E-state index contributed by atoms with van der Waals surface area (Å²) in [5.74, 6) is 0.761. The number of amides is 1. The van der Waals surface area contributed by atoms with E-state index in [1.807, 2.05) is 36.4 Å². The van der Waals surface area contributed by atoms with Gasteiger partial charge in [0.1, 0.15) is 5.75 Å². The van der Waals surface area contributed by atoms with Crippen molar-refractivity contribution in [3.05, 3.63) is 53.1 Å². The summed E-state index contributed by atoms with van der Waals surface area (Å²) in [5.41, 5.74) is 1.93. The Labute approximate surface area is 143 Å². The van der Waals surface area contributed by atoms with E-state index < -0.39 is 0 Å². The van der Waals surface area contributed by atoms with Crippen LogP contribution in [0.25, 0.3) is 10.2 Å². The minimum Gasteiger partial charge on any atom is -0.497 e. The number of fused-ring (bicyclic) bond motifs is 1. The lowest BCUT2D eigenvalue weighted by molar-refractivity contribution is -0.116. The molecule has 3 aromatic rings. The van der Waals surface area contributed by atoms with Crippen LogP contribution in [0.3, 0.4) is 0 Å². The Balaban J connectivity index is 1.59. The van der Waals surface area contributed by atoms with Crippen LogP contribution in [0, 0.1) is 0 Å². The third-order valence-corrected chi connectivity index (χ3v) is 4.57. The molecule has 0 saturated heterocycles. The predicted octanol–water partition coefficient (Wildman–Crippen LogP) is 4.53. The Hall–Kier alpha value is -2.11. The van der Waals surface area contributed by atoms with Gasteiger partial charge >= 0.3 is 0 Å². The van der Waals surface area contributed by atoms with Gasteiger partial charge in [0.2, 0.25) is 5.91 Å². The minimum atomic E-state index is -0.0500. The number of aryl methyl sites for hydroxylation is 1. The van der Waals surface area contributed by atoms with Gasteiger partial charge in [0.15, 0.2) is 5.13 Å². The van der Waals surface area contributed by atoms with Crippen molar-refractivity contribution in [2.24, 2.45) is 0 Å². The Morgan fingerprint density at radius 3 is 2.78 bits per heavy atom. The highest BCUT2D eigenvalue weighted by molar-refractivity contribution is 7.22. The lowest BCUT2D eigenvalue weighted by Crippen LogP contribution is -2.12. The number of nitrogens with zero attached hydrogens (tertiary/aromatic N) is 1. The lowest BCUT2D eigenvalue weighted by atomic mass is 10.1. The molecular weight excluding hydrogens is 332 g/mol. The zero-order valence-electron chi connectivity index (χ0n) is 12.5. The number of carbonyl (C=O) groups is 1. The van der Waals surface area contributed by atoms with Crippen LogP contribution in [0.2, 0.25) is 5.02 Å². The molecule has 0 atom stereocenters. The standard InChI is InChI=1S/C17H15ClN2O2S/c1-22-13-6-2-11(3-7-13)4-9-16(21)20-17-19-14-8-5-12(18)10-15(14)23-17/h2-3,5-8,10H,4,9H2,1H3,(H,19,20,21). The average Bonchev–Trinajstić information content (AvgIpc) is 2.94. The topological polar surface area (TPSA) is 51.2 Å². The van der Waals surface area contributed by atoms with Crippen LogP contribution in [-0.2, 0) is 11.2 Å². The number of nitrogens with one attached hydrogen (secondary N) is 1. The molecule has 118 valence electrons. The van der Waals surface area contributed by atoms with Crippen molar-refractivity contribution in [2.45, 2.75) is 12.8 Å². The van der Waals surface area contributed by atoms with Gasteiger partial charge in [-0.15, -0.1) is 0 Å². The van der Waals surface area contributed by atoms with Crippen molar-refractivity contribution in [1.29, 1.82) is 0 Å². The van der Waals surface area contributed by atoms with Crippen LogP contribution < -0.4 is 10.1 Å². The van der Waals surface area contributed by atoms with Gasteiger partial charge in [0, 0.05) is 11.4 Å². The maximum Gasteiger partial charge on any atom is 0.226 e. The van der Waals surface area contributed by atoms with E-state index in [0.29, 0.717) is 23.0 Å². The fraction of sp³-hybridized carbons (Fsp3) is 0.176. The third-order valence-electron chi connectivity index (χ3n) is 3.40. The highest BCUT2D eigenvalue weighted by Crippen LogP contribution is 2.28. The van der Waals surface area contributed by atoms with Crippen LogP contribution in [0.1, 0.15) is 12.0 Å². The van der Waals surface area contributed by atoms with Crippen LogP contribution in [-0.4, -0.2) is 18.0 Å². The SMILES string of the molecule is COc1ccc(CCC(=O)Nc2nc3ccc(Cl)cc3s2)cc1. The summed E-state index contributed by atoms with van der Waals surface area (Å²) in [4.78, 5) is 16.4. The van der Waals surface area contributed by atoms with E-state index in [2.05, 4.69) is 10.3 Å². The Morgan fingerprint density at radius 1 is 1.26 bits per heavy atom. The summed E-state index contributed by atoms with van der Waals surface area (Å²) in [6.07, 6.45) is 1.08. The van der Waals surface area contributed by atoms with Crippen LogP contribution in [0.5, 0.6) is 5.75 Å². The van der Waals surface area contributed by atoms with E-state index in [-0.39, 0.29) is 5.91 Å². The monoisotopic (exact) mass is 346 g/mol. The molecule has 6 heteroatoms. The first-order chi connectivity index (χ1) is 11.1. The average molecular weight is 347 g/mol. The van der Waals surface area contributed by atoms with E-state index in [9.17, 15) is 4.79 Å². The maximum absolute atomic E-state index is 12.1. The first-order valence-corrected chi connectivity index (χ1v) is 8.32. The van der Waals surface area contributed by atoms with Gasteiger partial charge in [-0.05, 0) is 42.3 Å². The molecular formula is C17H15ClN2O2S. The number of anilines is 1. The highest BCUT2D eigenvalue weighted by Gasteiger charge is 2.08. The number of rotatable bonds is 5. The van der Waals surface area contributed by atoms with Gasteiger partial charge in [-0.3, -0.25) is 4.79 Å². The molecule has 0 fully saturated rings.